The van der Waals surface area contributed by atoms with E-state index in [-0.39, 0.29) is 22.4 Å². The summed E-state index contributed by atoms with van der Waals surface area (Å²) in [5, 5.41) is 6.48. The number of benzene rings is 1. The van der Waals surface area contributed by atoms with Crippen LogP contribution in [0.4, 0.5) is 0 Å². The van der Waals surface area contributed by atoms with Crippen LogP contribution < -0.4 is 10.6 Å². The number of thiophene rings is 1. The molecule has 6 nitrogen and oxygen atoms in total. The second-order valence-corrected chi connectivity index (χ2v) is 6.96. The largest absolute Gasteiger partial charge is 0.451 e. The van der Waals surface area contributed by atoms with Crippen molar-refractivity contribution in [3.05, 3.63) is 33.1 Å². The van der Waals surface area contributed by atoms with Crippen molar-refractivity contribution in [2.45, 2.75) is 13.3 Å². The van der Waals surface area contributed by atoms with Crippen molar-refractivity contribution in [1.82, 2.24) is 10.6 Å². The predicted molar refractivity (Wildman–Crippen MR) is 98.4 cm³/mol. The van der Waals surface area contributed by atoms with Gasteiger partial charge in [0, 0.05) is 21.7 Å². The zero-order valence-electron chi connectivity index (χ0n) is 13.4. The highest BCUT2D eigenvalue weighted by Gasteiger charge is 2.19. The van der Waals surface area contributed by atoms with Crippen LogP contribution in [0.2, 0.25) is 10.0 Å². The summed E-state index contributed by atoms with van der Waals surface area (Å²) >= 11 is 13.2. The van der Waals surface area contributed by atoms with E-state index in [9.17, 15) is 14.4 Å². The number of ether oxygens (including phenoxy) is 1. The molecule has 1 aromatic carbocycles. The maximum Gasteiger partial charge on any atom is 0.350 e. The first-order chi connectivity index (χ1) is 11.9. The first-order valence-corrected chi connectivity index (χ1v) is 9.07. The number of amides is 2. The molecule has 0 atom stereocenters. The van der Waals surface area contributed by atoms with Crippen molar-refractivity contribution >= 4 is 62.4 Å². The van der Waals surface area contributed by atoms with Crippen LogP contribution >= 0.6 is 34.5 Å². The zero-order chi connectivity index (χ0) is 18.4. The lowest BCUT2D eigenvalue weighted by Gasteiger charge is -2.06. The fourth-order valence-corrected chi connectivity index (χ4v) is 3.60. The molecule has 25 heavy (non-hydrogen) atoms. The van der Waals surface area contributed by atoms with E-state index in [2.05, 4.69) is 10.6 Å². The lowest BCUT2D eigenvalue weighted by Crippen LogP contribution is -2.38. The van der Waals surface area contributed by atoms with E-state index in [0.717, 1.165) is 22.5 Å². The molecular formula is C16H16Cl2N2O4S. The van der Waals surface area contributed by atoms with Crippen LogP contribution in [0.15, 0.2) is 18.2 Å². The summed E-state index contributed by atoms with van der Waals surface area (Å²) in [5.41, 5.74) is 0. The molecule has 134 valence electrons. The number of carbonyl (C=O) groups is 3. The molecule has 0 aliphatic rings. The summed E-state index contributed by atoms with van der Waals surface area (Å²) in [4.78, 5) is 35.3. The molecule has 0 saturated heterocycles. The minimum atomic E-state index is -0.701. The van der Waals surface area contributed by atoms with E-state index in [0.29, 0.717) is 17.0 Å². The molecule has 2 amide bonds. The van der Waals surface area contributed by atoms with Gasteiger partial charge < -0.3 is 15.4 Å². The van der Waals surface area contributed by atoms with Crippen molar-refractivity contribution in [2.24, 2.45) is 0 Å². The highest BCUT2D eigenvalue weighted by Crippen LogP contribution is 2.37. The number of nitrogens with one attached hydrogen (secondary N) is 2. The highest BCUT2D eigenvalue weighted by atomic mass is 35.5. The van der Waals surface area contributed by atoms with Gasteiger partial charge in [-0.05, 0) is 18.6 Å². The van der Waals surface area contributed by atoms with E-state index >= 15 is 0 Å². The Morgan fingerprint density at radius 3 is 2.64 bits per heavy atom. The Labute approximate surface area is 158 Å². The highest BCUT2D eigenvalue weighted by molar-refractivity contribution is 7.21. The van der Waals surface area contributed by atoms with Crippen LogP contribution in [0.1, 0.15) is 23.0 Å². The topological polar surface area (TPSA) is 84.5 Å². The fraction of sp³-hybridized carbons (Fsp3) is 0.312. The van der Waals surface area contributed by atoms with Gasteiger partial charge >= 0.3 is 5.97 Å². The number of hydrogen-bond donors (Lipinski definition) is 2. The van der Waals surface area contributed by atoms with Gasteiger partial charge in [-0.1, -0.05) is 36.2 Å². The smallest absolute Gasteiger partial charge is 0.350 e. The van der Waals surface area contributed by atoms with Crippen molar-refractivity contribution < 1.29 is 19.1 Å². The molecule has 2 aromatic rings. The molecule has 0 fully saturated rings. The number of hydrogen-bond acceptors (Lipinski definition) is 5. The van der Waals surface area contributed by atoms with Gasteiger partial charge in [-0.15, -0.1) is 11.3 Å². The van der Waals surface area contributed by atoms with Gasteiger partial charge in [-0.3, -0.25) is 9.59 Å². The second kappa shape index (κ2) is 9.03. The number of carbonyl (C=O) groups excluding carboxylic acids is 3. The molecule has 0 spiro atoms. The first-order valence-electron chi connectivity index (χ1n) is 7.50. The van der Waals surface area contributed by atoms with E-state index < -0.39 is 18.5 Å². The van der Waals surface area contributed by atoms with Crippen LogP contribution in [0.3, 0.4) is 0 Å². The number of fused-ring (bicyclic) bond motifs is 1. The standard InChI is InChI=1S/C16H16Cl2N2O4S/c1-2-5-19-12(21)7-20-13(22)8-24-16(23)15-14(18)10-4-3-9(17)6-11(10)25-15/h3-4,6H,2,5,7-8H2,1H3,(H,19,21)(H,20,22). The molecule has 0 saturated carbocycles. The lowest BCUT2D eigenvalue weighted by atomic mass is 10.2. The Bertz CT molecular complexity index is 807. The third kappa shape index (κ3) is 5.32. The van der Waals surface area contributed by atoms with Crippen molar-refractivity contribution in [3.8, 4) is 0 Å². The maximum absolute atomic E-state index is 12.1. The minimum Gasteiger partial charge on any atom is -0.451 e. The Morgan fingerprint density at radius 2 is 1.92 bits per heavy atom. The van der Waals surface area contributed by atoms with Gasteiger partial charge in [0.15, 0.2) is 6.61 Å². The average Bonchev–Trinajstić information content (AvgIpc) is 2.91. The summed E-state index contributed by atoms with van der Waals surface area (Å²) in [6.45, 7) is 1.80. The van der Waals surface area contributed by atoms with Gasteiger partial charge in [-0.25, -0.2) is 4.79 Å². The van der Waals surface area contributed by atoms with Gasteiger partial charge in [0.2, 0.25) is 5.91 Å². The average molecular weight is 403 g/mol. The summed E-state index contributed by atoms with van der Waals surface area (Å²) in [6, 6.07) is 5.09. The van der Waals surface area contributed by atoms with Crippen LogP contribution in [-0.4, -0.2) is 37.5 Å². The summed E-state index contributed by atoms with van der Waals surface area (Å²) in [5.74, 6) is -1.57. The first kappa shape index (κ1) is 19.5. The normalized spacial score (nSPS) is 10.5. The Hall–Kier alpha value is -1.83. The van der Waals surface area contributed by atoms with E-state index in [1.807, 2.05) is 6.92 Å². The number of esters is 1. The molecule has 2 rings (SSSR count). The van der Waals surface area contributed by atoms with Gasteiger partial charge in [0.1, 0.15) is 4.88 Å². The Morgan fingerprint density at radius 1 is 1.16 bits per heavy atom. The summed E-state index contributed by atoms with van der Waals surface area (Å²) < 4.78 is 5.71. The van der Waals surface area contributed by atoms with Crippen LogP contribution in [0, 0.1) is 0 Å². The Kier molecular flexibility index (Phi) is 7.04. The van der Waals surface area contributed by atoms with Crippen molar-refractivity contribution in [1.29, 1.82) is 0 Å². The van der Waals surface area contributed by atoms with E-state index in [1.54, 1.807) is 18.2 Å². The Balaban J connectivity index is 1.89. The van der Waals surface area contributed by atoms with Gasteiger partial charge in [0.25, 0.3) is 5.91 Å². The van der Waals surface area contributed by atoms with Crippen LogP contribution in [0.5, 0.6) is 0 Å². The molecule has 0 aliphatic heterocycles. The molecule has 2 N–H and O–H groups in total. The molecule has 9 heteroatoms. The third-order valence-corrected chi connectivity index (χ3v) is 5.00. The molecule has 0 aliphatic carbocycles. The number of rotatable bonds is 7. The minimum absolute atomic E-state index is 0.168. The maximum atomic E-state index is 12.1. The van der Waals surface area contributed by atoms with Gasteiger partial charge in [-0.2, -0.15) is 0 Å². The predicted octanol–water partition coefficient (Wildman–Crippen LogP) is 3.01. The number of halogens is 2. The molecular weight excluding hydrogens is 387 g/mol. The van der Waals surface area contributed by atoms with Crippen molar-refractivity contribution in [3.63, 3.8) is 0 Å². The SMILES string of the molecule is CCCNC(=O)CNC(=O)COC(=O)c1sc2cc(Cl)ccc2c1Cl. The molecule has 0 radical (unpaired) electrons. The quantitative estimate of drug-likeness (QED) is 0.697. The zero-order valence-corrected chi connectivity index (χ0v) is 15.7. The second-order valence-electron chi connectivity index (χ2n) is 5.09. The summed E-state index contributed by atoms with van der Waals surface area (Å²) in [7, 11) is 0. The summed E-state index contributed by atoms with van der Waals surface area (Å²) in [6.07, 6.45) is 0.804. The molecule has 1 aromatic heterocycles. The molecule has 0 bridgehead atoms. The van der Waals surface area contributed by atoms with Gasteiger partial charge in [0.05, 0.1) is 11.6 Å². The molecule has 0 unspecified atom stereocenters. The fourth-order valence-electron chi connectivity index (χ4n) is 1.92. The van der Waals surface area contributed by atoms with E-state index in [4.69, 9.17) is 27.9 Å². The van der Waals surface area contributed by atoms with E-state index in [1.165, 1.54) is 0 Å². The lowest BCUT2D eigenvalue weighted by molar-refractivity contribution is -0.127. The monoisotopic (exact) mass is 402 g/mol. The van der Waals surface area contributed by atoms with Crippen LogP contribution in [0.25, 0.3) is 10.1 Å². The van der Waals surface area contributed by atoms with Crippen molar-refractivity contribution in [2.75, 3.05) is 19.7 Å². The molecule has 1 heterocycles. The third-order valence-electron chi connectivity index (χ3n) is 3.13. The van der Waals surface area contributed by atoms with Crippen LogP contribution in [-0.2, 0) is 14.3 Å².